The molecular weight excluding hydrogens is 431 g/mol. The van der Waals surface area contributed by atoms with E-state index in [-0.39, 0.29) is 11.6 Å². The quantitative estimate of drug-likeness (QED) is 0.533. The van der Waals surface area contributed by atoms with Gasteiger partial charge in [-0.05, 0) is 75.3 Å². The van der Waals surface area contributed by atoms with E-state index in [0.29, 0.717) is 18.4 Å². The van der Waals surface area contributed by atoms with Crippen molar-refractivity contribution in [1.82, 2.24) is 15.2 Å². The number of hydrogen-bond acceptors (Lipinski definition) is 6. The maximum Gasteiger partial charge on any atom is 0.165 e. The first-order chi connectivity index (χ1) is 16.6. The second kappa shape index (κ2) is 9.76. The zero-order valence-electron chi connectivity index (χ0n) is 20.2. The Hall–Kier alpha value is -2.90. The molecule has 6 nitrogen and oxygen atoms in total. The minimum atomic E-state index is -0.356. The minimum absolute atomic E-state index is 0.216. The Morgan fingerprint density at radius 1 is 1.09 bits per heavy atom. The number of halogens is 1. The number of fused-ring (bicyclic) bond motifs is 2. The Morgan fingerprint density at radius 3 is 2.65 bits per heavy atom. The van der Waals surface area contributed by atoms with Crippen LogP contribution >= 0.6 is 0 Å². The van der Waals surface area contributed by atoms with E-state index < -0.39 is 0 Å². The highest BCUT2D eigenvalue weighted by molar-refractivity contribution is 5.95. The maximum absolute atomic E-state index is 14.7. The van der Waals surface area contributed by atoms with Crippen molar-refractivity contribution in [2.75, 3.05) is 65.4 Å². The van der Waals surface area contributed by atoms with E-state index in [1.165, 1.54) is 13.5 Å². The molecule has 2 aromatic carbocycles. The number of likely N-dealkylation sites (N-methyl/N-ethyl adjacent to an activating group) is 1. The molecule has 5 rings (SSSR count). The molecule has 2 unspecified atom stereocenters. The molecule has 2 atom stereocenters. The fraction of sp³-hybridized carbons (Fsp3) is 0.444. The number of ether oxygens (including phenoxy) is 2. The Balaban J connectivity index is 1.52. The molecule has 2 aliphatic heterocycles. The smallest absolute Gasteiger partial charge is 0.165 e. The summed E-state index contributed by atoms with van der Waals surface area (Å²) in [6, 6.07) is 13.4. The molecule has 1 N–H and O–H groups in total. The van der Waals surface area contributed by atoms with E-state index in [4.69, 9.17) is 14.5 Å². The zero-order valence-corrected chi connectivity index (χ0v) is 20.2. The van der Waals surface area contributed by atoms with Crippen LogP contribution in [0.25, 0.3) is 22.2 Å². The van der Waals surface area contributed by atoms with E-state index in [1.807, 2.05) is 31.3 Å². The average molecular weight is 465 g/mol. The van der Waals surface area contributed by atoms with Crippen LogP contribution in [0.3, 0.4) is 0 Å². The molecule has 0 amide bonds. The topological polar surface area (TPSA) is 49.9 Å². The largest absolute Gasteiger partial charge is 0.494 e. The molecule has 2 fully saturated rings. The Bertz CT molecular complexity index is 1150. The third-order valence-electron chi connectivity index (χ3n) is 7.18. The van der Waals surface area contributed by atoms with Crippen LogP contribution in [0.2, 0.25) is 0 Å². The van der Waals surface area contributed by atoms with Gasteiger partial charge in [-0.25, -0.2) is 9.37 Å². The van der Waals surface area contributed by atoms with Crippen molar-refractivity contribution in [1.29, 1.82) is 0 Å². The van der Waals surface area contributed by atoms with Gasteiger partial charge in [0.2, 0.25) is 0 Å². The van der Waals surface area contributed by atoms with Gasteiger partial charge < -0.3 is 24.6 Å². The number of aromatic nitrogens is 1. The molecule has 3 heterocycles. The highest BCUT2D eigenvalue weighted by Crippen LogP contribution is 2.39. The summed E-state index contributed by atoms with van der Waals surface area (Å²) in [5, 5.41) is 3.91. The molecule has 0 aliphatic carbocycles. The first kappa shape index (κ1) is 22.9. The number of piperidine rings is 1. The number of rotatable bonds is 7. The normalized spacial score (nSPS) is 20.5. The van der Waals surface area contributed by atoms with Crippen molar-refractivity contribution in [3.8, 4) is 22.8 Å². The molecule has 2 aliphatic rings. The van der Waals surface area contributed by atoms with E-state index in [2.05, 4.69) is 28.2 Å². The van der Waals surface area contributed by atoms with Gasteiger partial charge in [-0.3, -0.25) is 0 Å². The van der Waals surface area contributed by atoms with Gasteiger partial charge in [-0.15, -0.1) is 0 Å². The summed E-state index contributed by atoms with van der Waals surface area (Å²) in [6.07, 6.45) is 1.21. The van der Waals surface area contributed by atoms with Gasteiger partial charge in [0.05, 0.1) is 18.3 Å². The van der Waals surface area contributed by atoms with E-state index >= 15 is 0 Å². The number of benzene rings is 2. The lowest BCUT2D eigenvalue weighted by Gasteiger charge is -2.31. The second-order valence-electron chi connectivity index (χ2n) is 9.48. The van der Waals surface area contributed by atoms with Crippen LogP contribution in [0.1, 0.15) is 6.42 Å². The summed E-state index contributed by atoms with van der Waals surface area (Å²) in [4.78, 5) is 9.76. The molecule has 0 spiro atoms. The van der Waals surface area contributed by atoms with Gasteiger partial charge in [0.1, 0.15) is 12.4 Å². The molecule has 0 radical (unpaired) electrons. The van der Waals surface area contributed by atoms with Crippen molar-refractivity contribution < 1.29 is 13.9 Å². The molecular formula is C27H33FN4O2. The molecule has 0 bridgehead atoms. The number of anilines is 1. The van der Waals surface area contributed by atoms with Crippen LogP contribution in [-0.2, 0) is 0 Å². The predicted octanol–water partition coefficient (Wildman–Crippen LogP) is 4.04. The van der Waals surface area contributed by atoms with Gasteiger partial charge in [-0.1, -0.05) is 0 Å². The van der Waals surface area contributed by atoms with Gasteiger partial charge in [0.15, 0.2) is 11.6 Å². The minimum Gasteiger partial charge on any atom is -0.494 e. The maximum atomic E-state index is 14.7. The lowest BCUT2D eigenvalue weighted by atomic mass is 9.89. The molecule has 3 aromatic rings. The Labute approximate surface area is 200 Å². The molecule has 0 saturated carbocycles. The van der Waals surface area contributed by atoms with Crippen molar-refractivity contribution in [3.05, 3.63) is 48.3 Å². The standard InChI is InChI=1S/C27H33FN4O2/c1-29-9-11-34-21-6-4-18(5-7-21)24-13-26(22-12-23(28)27(33-3)14-25(22)30-24)32-16-19-8-10-31(2)15-20(19)17-32/h4-7,12-14,19-20,29H,8-11,15-17H2,1-3H3. The average Bonchev–Trinajstić information content (AvgIpc) is 3.26. The van der Waals surface area contributed by atoms with Crippen LogP contribution in [0, 0.1) is 17.7 Å². The summed E-state index contributed by atoms with van der Waals surface area (Å²) < 4.78 is 25.8. The van der Waals surface area contributed by atoms with Crippen LogP contribution in [0.15, 0.2) is 42.5 Å². The molecule has 34 heavy (non-hydrogen) atoms. The first-order valence-electron chi connectivity index (χ1n) is 12.1. The second-order valence-corrected chi connectivity index (χ2v) is 9.48. The molecule has 1 aromatic heterocycles. The first-order valence-corrected chi connectivity index (χ1v) is 12.1. The fourth-order valence-corrected chi connectivity index (χ4v) is 5.32. The van der Waals surface area contributed by atoms with E-state index in [0.717, 1.165) is 66.3 Å². The lowest BCUT2D eigenvalue weighted by Crippen LogP contribution is -2.37. The van der Waals surface area contributed by atoms with Crippen molar-refractivity contribution in [3.63, 3.8) is 0 Å². The van der Waals surface area contributed by atoms with Gasteiger partial charge in [0, 0.05) is 48.9 Å². The summed E-state index contributed by atoms with van der Waals surface area (Å²) in [5.41, 5.74) is 3.66. The van der Waals surface area contributed by atoms with Crippen molar-refractivity contribution in [2.45, 2.75) is 6.42 Å². The lowest BCUT2D eigenvalue weighted by molar-refractivity contribution is 0.178. The number of nitrogens with one attached hydrogen (secondary N) is 1. The van der Waals surface area contributed by atoms with Crippen LogP contribution in [-0.4, -0.2) is 70.4 Å². The zero-order chi connectivity index (χ0) is 23.7. The van der Waals surface area contributed by atoms with E-state index in [1.54, 1.807) is 12.1 Å². The van der Waals surface area contributed by atoms with Gasteiger partial charge in [0.25, 0.3) is 0 Å². The van der Waals surface area contributed by atoms with Crippen LogP contribution in [0.5, 0.6) is 11.5 Å². The summed E-state index contributed by atoms with van der Waals surface area (Å²) in [6.45, 7) is 5.66. The number of methoxy groups -OCH3 is 1. The number of likely N-dealkylation sites (tertiary alicyclic amines) is 1. The third kappa shape index (κ3) is 4.55. The van der Waals surface area contributed by atoms with Crippen molar-refractivity contribution in [2.24, 2.45) is 11.8 Å². The summed E-state index contributed by atoms with van der Waals surface area (Å²) >= 11 is 0. The fourth-order valence-electron chi connectivity index (χ4n) is 5.32. The van der Waals surface area contributed by atoms with Gasteiger partial charge >= 0.3 is 0 Å². The molecule has 180 valence electrons. The SMILES string of the molecule is CNCCOc1ccc(-c2cc(N3CC4CCN(C)CC4C3)c3cc(F)c(OC)cc3n2)cc1. The number of nitrogens with zero attached hydrogens (tertiary/aromatic N) is 3. The number of pyridine rings is 1. The Morgan fingerprint density at radius 2 is 1.88 bits per heavy atom. The van der Waals surface area contributed by atoms with E-state index in [9.17, 15) is 4.39 Å². The van der Waals surface area contributed by atoms with Crippen molar-refractivity contribution >= 4 is 16.6 Å². The van der Waals surface area contributed by atoms with Crippen LogP contribution in [0.4, 0.5) is 10.1 Å². The highest BCUT2D eigenvalue weighted by atomic mass is 19.1. The number of hydrogen-bond donors (Lipinski definition) is 1. The Kier molecular flexibility index (Phi) is 6.57. The molecule has 7 heteroatoms. The summed E-state index contributed by atoms with van der Waals surface area (Å²) in [5.74, 6) is 2.01. The summed E-state index contributed by atoms with van der Waals surface area (Å²) in [7, 11) is 5.60. The molecule has 2 saturated heterocycles. The predicted molar refractivity (Wildman–Crippen MR) is 134 cm³/mol. The van der Waals surface area contributed by atoms with Crippen LogP contribution < -0.4 is 19.7 Å². The van der Waals surface area contributed by atoms with Gasteiger partial charge in [-0.2, -0.15) is 0 Å². The monoisotopic (exact) mass is 464 g/mol. The highest BCUT2D eigenvalue weighted by Gasteiger charge is 2.36. The third-order valence-corrected chi connectivity index (χ3v) is 7.18.